The van der Waals surface area contributed by atoms with Crippen molar-refractivity contribution >= 4 is 19.8 Å². The highest BCUT2D eigenvalue weighted by molar-refractivity contribution is 7.46. The predicted octanol–water partition coefficient (Wildman–Crippen LogP) is 9.06. The van der Waals surface area contributed by atoms with Crippen LogP contribution >= 0.6 is 7.82 Å². The van der Waals surface area contributed by atoms with Gasteiger partial charge in [0, 0.05) is 12.8 Å². The standard InChI is InChI=1S/C33H59O8P/c1-3-5-7-9-11-13-15-16-18-20-22-24-26-28-33(35)41-31(30-40-42(36,37)38)29-39-32(34)27-25-23-21-19-17-14-12-10-8-6-4-2/h7,9-10,12-13,15,31H,3-6,8,11,14,16-30H2,1-2H3,(H2,36,37,38)/b9-7-,12-10-,15-13-. The number of ether oxygens (including phenoxy) is 2. The smallest absolute Gasteiger partial charge is 0.462 e. The minimum Gasteiger partial charge on any atom is -0.462 e. The number of hydrogen-bond donors (Lipinski definition) is 2. The fourth-order valence-corrected chi connectivity index (χ4v) is 4.51. The van der Waals surface area contributed by atoms with Gasteiger partial charge in [0.2, 0.25) is 0 Å². The third kappa shape index (κ3) is 31.2. The lowest BCUT2D eigenvalue weighted by Gasteiger charge is -2.18. The zero-order chi connectivity index (χ0) is 31.2. The highest BCUT2D eigenvalue weighted by atomic mass is 31.2. The molecular weight excluding hydrogens is 555 g/mol. The largest absolute Gasteiger partial charge is 0.469 e. The van der Waals surface area contributed by atoms with Crippen molar-refractivity contribution in [1.82, 2.24) is 0 Å². The van der Waals surface area contributed by atoms with E-state index in [-0.39, 0.29) is 19.4 Å². The van der Waals surface area contributed by atoms with Crippen LogP contribution in [0.15, 0.2) is 36.5 Å². The molecule has 8 nitrogen and oxygen atoms in total. The summed E-state index contributed by atoms with van der Waals surface area (Å²) >= 11 is 0. The number of allylic oxidation sites excluding steroid dienone is 6. The molecule has 0 aromatic rings. The van der Waals surface area contributed by atoms with Crippen LogP contribution in [-0.4, -0.2) is 41.0 Å². The molecule has 0 aliphatic heterocycles. The summed E-state index contributed by atoms with van der Waals surface area (Å²) in [5.74, 6) is -0.918. The van der Waals surface area contributed by atoms with Gasteiger partial charge in [-0.25, -0.2) is 4.57 Å². The van der Waals surface area contributed by atoms with Gasteiger partial charge >= 0.3 is 19.8 Å². The molecule has 0 radical (unpaired) electrons. The van der Waals surface area contributed by atoms with E-state index in [4.69, 9.17) is 19.3 Å². The summed E-state index contributed by atoms with van der Waals surface area (Å²) in [5.41, 5.74) is 0. The Labute approximate surface area is 255 Å². The number of phosphoric ester groups is 1. The molecule has 0 saturated heterocycles. The second-order valence-electron chi connectivity index (χ2n) is 10.8. The van der Waals surface area contributed by atoms with E-state index in [1.807, 2.05) is 0 Å². The van der Waals surface area contributed by atoms with E-state index in [2.05, 4.69) is 54.8 Å². The second kappa shape index (κ2) is 29.3. The van der Waals surface area contributed by atoms with Gasteiger partial charge in [0.1, 0.15) is 6.61 Å². The van der Waals surface area contributed by atoms with Crippen molar-refractivity contribution in [2.75, 3.05) is 13.2 Å². The van der Waals surface area contributed by atoms with E-state index in [0.717, 1.165) is 83.5 Å². The van der Waals surface area contributed by atoms with E-state index in [1.54, 1.807) is 0 Å². The van der Waals surface area contributed by atoms with Crippen LogP contribution in [-0.2, 0) is 28.2 Å². The SMILES string of the molecule is CCC/C=C\C/C=C\CCCCCCCC(=O)OC(COC(=O)CCCCCCC/C=C\CCCC)COP(=O)(O)O. The first-order valence-corrected chi connectivity index (χ1v) is 17.8. The Bertz CT molecular complexity index is 787. The number of rotatable bonds is 29. The van der Waals surface area contributed by atoms with E-state index in [1.165, 1.54) is 19.3 Å². The van der Waals surface area contributed by atoms with Crippen molar-refractivity contribution in [2.24, 2.45) is 0 Å². The quantitative estimate of drug-likeness (QED) is 0.0371. The molecule has 0 aliphatic carbocycles. The van der Waals surface area contributed by atoms with Crippen LogP contribution in [0.4, 0.5) is 0 Å². The molecule has 2 N–H and O–H groups in total. The highest BCUT2D eigenvalue weighted by Crippen LogP contribution is 2.35. The first-order chi connectivity index (χ1) is 20.3. The maximum absolute atomic E-state index is 12.3. The summed E-state index contributed by atoms with van der Waals surface area (Å²) < 4.78 is 26.1. The van der Waals surface area contributed by atoms with E-state index >= 15 is 0 Å². The topological polar surface area (TPSA) is 119 Å². The van der Waals surface area contributed by atoms with Crippen LogP contribution in [0.5, 0.6) is 0 Å². The van der Waals surface area contributed by atoms with Gasteiger partial charge in [-0.1, -0.05) is 108 Å². The summed E-state index contributed by atoms with van der Waals surface area (Å²) in [6.45, 7) is 3.52. The number of phosphoric acid groups is 1. The van der Waals surface area contributed by atoms with Crippen molar-refractivity contribution in [2.45, 2.75) is 148 Å². The van der Waals surface area contributed by atoms with Gasteiger partial charge in [0.05, 0.1) is 6.61 Å². The average Bonchev–Trinajstić information content (AvgIpc) is 2.95. The minimum atomic E-state index is -4.75. The predicted molar refractivity (Wildman–Crippen MR) is 170 cm³/mol. The molecule has 0 bridgehead atoms. The summed E-state index contributed by atoms with van der Waals surface area (Å²) in [5, 5.41) is 0. The Kier molecular flexibility index (Phi) is 28.1. The summed E-state index contributed by atoms with van der Waals surface area (Å²) in [6, 6.07) is 0. The van der Waals surface area contributed by atoms with Gasteiger partial charge in [0.15, 0.2) is 6.10 Å². The number of carbonyl (C=O) groups excluding carboxylic acids is 2. The third-order valence-electron chi connectivity index (χ3n) is 6.61. The first-order valence-electron chi connectivity index (χ1n) is 16.3. The van der Waals surface area contributed by atoms with Crippen molar-refractivity contribution in [3.63, 3.8) is 0 Å². The first kappa shape index (κ1) is 40.3. The number of carbonyl (C=O) groups is 2. The summed E-state index contributed by atoms with van der Waals surface area (Å²) in [6.07, 6.45) is 31.5. The molecule has 1 atom stereocenters. The van der Waals surface area contributed by atoms with Crippen LogP contribution < -0.4 is 0 Å². The zero-order valence-corrected chi connectivity index (χ0v) is 27.3. The fourth-order valence-electron chi connectivity index (χ4n) is 4.15. The van der Waals surface area contributed by atoms with E-state index in [0.29, 0.717) is 12.8 Å². The zero-order valence-electron chi connectivity index (χ0n) is 26.4. The van der Waals surface area contributed by atoms with Gasteiger partial charge < -0.3 is 19.3 Å². The van der Waals surface area contributed by atoms with Gasteiger partial charge in [-0.3, -0.25) is 14.1 Å². The van der Waals surface area contributed by atoms with Gasteiger partial charge in [-0.15, -0.1) is 0 Å². The molecule has 0 fully saturated rings. The van der Waals surface area contributed by atoms with Crippen molar-refractivity contribution in [1.29, 1.82) is 0 Å². The van der Waals surface area contributed by atoms with E-state index in [9.17, 15) is 14.2 Å². The molecule has 0 saturated carbocycles. The van der Waals surface area contributed by atoms with Crippen LogP contribution in [0, 0.1) is 0 Å². The maximum Gasteiger partial charge on any atom is 0.469 e. The van der Waals surface area contributed by atoms with E-state index < -0.39 is 32.5 Å². The van der Waals surface area contributed by atoms with Crippen molar-refractivity contribution < 1.29 is 37.9 Å². The lowest BCUT2D eigenvalue weighted by atomic mass is 10.1. The molecular formula is C33H59O8P. The molecule has 0 aromatic carbocycles. The molecule has 0 aromatic heterocycles. The Hall–Kier alpha value is -1.73. The van der Waals surface area contributed by atoms with Gasteiger partial charge in [-0.2, -0.15) is 0 Å². The Balaban J connectivity index is 4.08. The molecule has 0 aliphatic rings. The summed E-state index contributed by atoms with van der Waals surface area (Å²) in [7, 11) is -4.75. The molecule has 0 spiro atoms. The number of unbranched alkanes of at least 4 members (excludes halogenated alkanes) is 13. The second-order valence-corrected chi connectivity index (χ2v) is 12.0. The fraction of sp³-hybridized carbons (Fsp3) is 0.758. The van der Waals surface area contributed by atoms with Crippen LogP contribution in [0.25, 0.3) is 0 Å². The van der Waals surface area contributed by atoms with Crippen LogP contribution in [0.1, 0.15) is 142 Å². The molecule has 9 heteroatoms. The normalized spacial score (nSPS) is 13.0. The average molecular weight is 615 g/mol. The molecule has 0 rings (SSSR count). The Morgan fingerprint density at radius 2 is 1.12 bits per heavy atom. The number of hydrogen-bond acceptors (Lipinski definition) is 6. The molecule has 1 unspecified atom stereocenters. The molecule has 0 heterocycles. The Morgan fingerprint density at radius 1 is 0.619 bits per heavy atom. The lowest BCUT2D eigenvalue weighted by Crippen LogP contribution is -2.29. The molecule has 244 valence electrons. The van der Waals surface area contributed by atoms with Gasteiger partial charge in [0.25, 0.3) is 0 Å². The van der Waals surface area contributed by atoms with Crippen LogP contribution in [0.2, 0.25) is 0 Å². The van der Waals surface area contributed by atoms with Crippen molar-refractivity contribution in [3.05, 3.63) is 36.5 Å². The molecule has 0 amide bonds. The highest BCUT2D eigenvalue weighted by Gasteiger charge is 2.22. The third-order valence-corrected chi connectivity index (χ3v) is 7.10. The lowest BCUT2D eigenvalue weighted by molar-refractivity contribution is -0.161. The van der Waals surface area contributed by atoms with Crippen LogP contribution in [0.3, 0.4) is 0 Å². The number of esters is 2. The molecule has 42 heavy (non-hydrogen) atoms. The minimum absolute atomic E-state index is 0.193. The Morgan fingerprint density at radius 3 is 1.69 bits per heavy atom. The summed E-state index contributed by atoms with van der Waals surface area (Å²) in [4.78, 5) is 42.4. The van der Waals surface area contributed by atoms with Gasteiger partial charge in [-0.05, 0) is 57.8 Å². The maximum atomic E-state index is 12.3. The van der Waals surface area contributed by atoms with Crippen molar-refractivity contribution in [3.8, 4) is 0 Å². The monoisotopic (exact) mass is 614 g/mol.